The van der Waals surface area contributed by atoms with E-state index in [2.05, 4.69) is 45.2 Å². The zero-order chi connectivity index (χ0) is 16.4. The molecular formula is C20H15BrN2O. The minimum atomic E-state index is -0.144. The minimum absolute atomic E-state index is 0.0750. The molecule has 24 heavy (non-hydrogen) atoms. The molecule has 118 valence electrons. The van der Waals surface area contributed by atoms with Crippen LogP contribution < -0.4 is 0 Å². The van der Waals surface area contributed by atoms with Gasteiger partial charge in [0.25, 0.3) is 0 Å². The van der Waals surface area contributed by atoms with Crippen molar-refractivity contribution in [2.75, 3.05) is 0 Å². The molecule has 0 amide bonds. The van der Waals surface area contributed by atoms with Gasteiger partial charge in [0.1, 0.15) is 11.7 Å². The van der Waals surface area contributed by atoms with Crippen LogP contribution in [0.2, 0.25) is 0 Å². The van der Waals surface area contributed by atoms with Gasteiger partial charge in [-0.2, -0.15) is 0 Å². The number of hydrogen-bond donors (Lipinski definition) is 0. The fourth-order valence-electron chi connectivity index (χ4n) is 2.83. The summed E-state index contributed by atoms with van der Waals surface area (Å²) < 4.78 is 7.15. The summed E-state index contributed by atoms with van der Waals surface area (Å²) in [4.78, 5) is 9.25. The molecule has 1 aromatic heterocycles. The highest BCUT2D eigenvalue weighted by Crippen LogP contribution is 2.40. The van der Waals surface area contributed by atoms with Gasteiger partial charge >= 0.3 is 0 Å². The summed E-state index contributed by atoms with van der Waals surface area (Å²) in [5.74, 6) is 0.588. The summed E-state index contributed by atoms with van der Waals surface area (Å²) in [7, 11) is 0. The molecule has 3 nitrogen and oxygen atoms in total. The van der Waals surface area contributed by atoms with Crippen LogP contribution >= 0.6 is 15.9 Å². The van der Waals surface area contributed by atoms with Crippen LogP contribution in [0.4, 0.5) is 0 Å². The summed E-state index contributed by atoms with van der Waals surface area (Å²) in [5, 5.41) is 0. The number of hydrogen-bond acceptors (Lipinski definition) is 3. The Hall–Kier alpha value is -2.46. The van der Waals surface area contributed by atoms with Crippen molar-refractivity contribution in [3.63, 3.8) is 0 Å². The first kappa shape index (κ1) is 15.1. The van der Waals surface area contributed by atoms with E-state index in [0.29, 0.717) is 5.90 Å². The average Bonchev–Trinajstić information content (AvgIpc) is 3.09. The summed E-state index contributed by atoms with van der Waals surface area (Å²) in [6, 6.07) is 24.2. The molecule has 3 aromatic rings. The molecule has 0 bridgehead atoms. The number of halogens is 1. The van der Waals surface area contributed by atoms with Crippen LogP contribution in [-0.2, 0) is 4.74 Å². The van der Waals surface area contributed by atoms with Gasteiger partial charge in [-0.3, -0.25) is 4.98 Å². The maximum Gasteiger partial charge on any atom is 0.236 e. The average molecular weight is 379 g/mol. The Morgan fingerprint density at radius 3 is 2.08 bits per heavy atom. The van der Waals surface area contributed by atoms with Crippen LogP contribution in [0.15, 0.2) is 88.5 Å². The number of aliphatic imine (C=N–C) groups is 1. The van der Waals surface area contributed by atoms with Gasteiger partial charge in [0.2, 0.25) is 5.90 Å². The van der Waals surface area contributed by atoms with Crippen molar-refractivity contribution in [3.05, 3.63) is 100 Å². The number of nitrogens with zero attached hydrogens (tertiary/aromatic N) is 2. The molecule has 2 atom stereocenters. The lowest BCUT2D eigenvalue weighted by Crippen LogP contribution is -2.09. The maximum atomic E-state index is 6.21. The van der Waals surface area contributed by atoms with Crippen molar-refractivity contribution in [1.82, 2.24) is 4.98 Å². The predicted octanol–water partition coefficient (Wildman–Crippen LogP) is 5.10. The number of pyridine rings is 1. The Labute approximate surface area is 149 Å². The molecule has 0 saturated carbocycles. The van der Waals surface area contributed by atoms with E-state index < -0.39 is 0 Å². The van der Waals surface area contributed by atoms with Crippen LogP contribution in [0.25, 0.3) is 0 Å². The Balaban J connectivity index is 1.74. The molecular weight excluding hydrogens is 364 g/mol. The minimum Gasteiger partial charge on any atom is -0.465 e. The molecule has 0 saturated heterocycles. The van der Waals surface area contributed by atoms with Gasteiger partial charge in [-0.1, -0.05) is 60.7 Å². The third kappa shape index (κ3) is 2.97. The Morgan fingerprint density at radius 2 is 1.46 bits per heavy atom. The van der Waals surface area contributed by atoms with Gasteiger partial charge in [-0.05, 0) is 39.2 Å². The van der Waals surface area contributed by atoms with E-state index in [1.165, 1.54) is 0 Å². The summed E-state index contributed by atoms with van der Waals surface area (Å²) in [5.41, 5.74) is 3.00. The fourth-order valence-corrected chi connectivity index (χ4v) is 3.07. The van der Waals surface area contributed by atoms with Crippen molar-refractivity contribution < 1.29 is 4.74 Å². The van der Waals surface area contributed by atoms with Gasteiger partial charge in [-0.15, -0.1) is 0 Å². The highest BCUT2D eigenvalue weighted by atomic mass is 79.9. The van der Waals surface area contributed by atoms with Gasteiger partial charge in [0.15, 0.2) is 6.10 Å². The molecule has 0 unspecified atom stereocenters. The second kappa shape index (κ2) is 6.57. The van der Waals surface area contributed by atoms with Crippen molar-refractivity contribution in [2.45, 2.75) is 12.1 Å². The lowest BCUT2D eigenvalue weighted by molar-refractivity contribution is 0.196. The van der Waals surface area contributed by atoms with Gasteiger partial charge in [-0.25, -0.2) is 4.99 Å². The summed E-state index contributed by atoms with van der Waals surface area (Å²) in [6.07, 6.45) is 1.61. The highest BCUT2D eigenvalue weighted by Gasteiger charge is 2.34. The molecule has 0 spiro atoms. The maximum absolute atomic E-state index is 6.21. The molecule has 0 fully saturated rings. The number of ether oxygens (including phenoxy) is 1. The molecule has 1 aliphatic heterocycles. The van der Waals surface area contributed by atoms with Crippen LogP contribution in [0, 0.1) is 0 Å². The number of benzene rings is 2. The third-order valence-corrected chi connectivity index (χ3v) is 4.47. The van der Waals surface area contributed by atoms with E-state index in [9.17, 15) is 0 Å². The van der Waals surface area contributed by atoms with E-state index in [4.69, 9.17) is 9.73 Å². The van der Waals surface area contributed by atoms with Gasteiger partial charge in [0, 0.05) is 10.7 Å². The van der Waals surface area contributed by atoms with Crippen molar-refractivity contribution in [2.24, 2.45) is 4.99 Å². The monoisotopic (exact) mass is 378 g/mol. The Kier molecular flexibility index (Phi) is 4.13. The first-order valence-corrected chi connectivity index (χ1v) is 8.57. The van der Waals surface area contributed by atoms with E-state index in [1.807, 2.05) is 48.5 Å². The zero-order valence-corrected chi connectivity index (χ0v) is 14.4. The highest BCUT2D eigenvalue weighted by molar-refractivity contribution is 9.10. The van der Waals surface area contributed by atoms with Crippen LogP contribution in [0.3, 0.4) is 0 Å². The van der Waals surface area contributed by atoms with Crippen molar-refractivity contribution >= 4 is 21.8 Å². The number of aromatic nitrogens is 1. The summed E-state index contributed by atoms with van der Waals surface area (Å²) in [6.45, 7) is 0. The Morgan fingerprint density at radius 1 is 0.792 bits per heavy atom. The molecule has 0 radical (unpaired) electrons. The molecule has 1 aliphatic rings. The fraction of sp³-hybridized carbons (Fsp3) is 0.100. The third-order valence-electron chi connectivity index (χ3n) is 4.00. The molecule has 2 aromatic carbocycles. The molecule has 2 heterocycles. The van der Waals surface area contributed by atoms with E-state index in [0.717, 1.165) is 21.3 Å². The predicted molar refractivity (Wildman–Crippen MR) is 97.9 cm³/mol. The standard InChI is InChI=1S/C20H15BrN2O/c21-16-11-12-17(22-13-16)20-23-18(14-7-3-1-4-8-14)19(24-20)15-9-5-2-6-10-15/h1-13,18-19H/t18-,19+/m1/s1. The van der Waals surface area contributed by atoms with Crippen LogP contribution in [0.1, 0.15) is 29.0 Å². The van der Waals surface area contributed by atoms with E-state index in [1.54, 1.807) is 6.20 Å². The Bertz CT molecular complexity index is 848. The van der Waals surface area contributed by atoms with Gasteiger partial charge in [0.05, 0.1) is 0 Å². The molecule has 4 heteroatoms. The topological polar surface area (TPSA) is 34.5 Å². The van der Waals surface area contributed by atoms with Gasteiger partial charge < -0.3 is 4.74 Å². The molecule has 0 N–H and O–H groups in total. The normalized spacial score (nSPS) is 19.6. The summed E-state index contributed by atoms with van der Waals surface area (Å²) >= 11 is 3.41. The second-order valence-corrected chi connectivity index (χ2v) is 6.52. The van der Waals surface area contributed by atoms with Crippen molar-refractivity contribution in [3.8, 4) is 0 Å². The largest absolute Gasteiger partial charge is 0.465 e. The molecule has 4 rings (SSSR count). The molecule has 0 aliphatic carbocycles. The van der Waals surface area contributed by atoms with E-state index in [-0.39, 0.29) is 12.1 Å². The van der Waals surface area contributed by atoms with Crippen LogP contribution in [-0.4, -0.2) is 10.9 Å². The lowest BCUT2D eigenvalue weighted by atomic mass is 9.97. The van der Waals surface area contributed by atoms with Crippen LogP contribution in [0.5, 0.6) is 0 Å². The lowest BCUT2D eigenvalue weighted by Gasteiger charge is -2.18. The SMILES string of the molecule is Brc1ccc(C2=N[C@H](c3ccccc3)[C@H](c3ccccc3)O2)nc1. The first-order valence-electron chi connectivity index (χ1n) is 7.77. The smallest absolute Gasteiger partial charge is 0.236 e. The first-order chi connectivity index (χ1) is 11.8. The van der Waals surface area contributed by atoms with Crippen molar-refractivity contribution in [1.29, 1.82) is 0 Å². The number of rotatable bonds is 3. The second-order valence-electron chi connectivity index (χ2n) is 5.60. The zero-order valence-electron chi connectivity index (χ0n) is 12.8. The van der Waals surface area contributed by atoms with E-state index >= 15 is 0 Å². The quantitative estimate of drug-likeness (QED) is 0.634.